The van der Waals surface area contributed by atoms with Crippen LogP contribution in [0.5, 0.6) is 0 Å². The lowest BCUT2D eigenvalue weighted by atomic mass is 10.0. The summed E-state index contributed by atoms with van der Waals surface area (Å²) in [6, 6.07) is 11.9. The van der Waals surface area contributed by atoms with Crippen molar-refractivity contribution in [1.82, 2.24) is 10.2 Å². The highest BCUT2D eigenvalue weighted by molar-refractivity contribution is 6.04. The van der Waals surface area contributed by atoms with E-state index in [0.29, 0.717) is 31.5 Å². The molecule has 0 unspecified atom stereocenters. The molecule has 146 valence electrons. The maximum atomic E-state index is 12.7. The van der Waals surface area contributed by atoms with Crippen LogP contribution in [0, 0.1) is 13.8 Å². The number of rotatable bonds is 4. The predicted octanol–water partition coefficient (Wildman–Crippen LogP) is 3.04. The highest BCUT2D eigenvalue weighted by Crippen LogP contribution is 2.18. The quantitative estimate of drug-likeness (QED) is 0.854. The molecular weight excluding hydrogens is 356 g/mol. The van der Waals surface area contributed by atoms with Crippen molar-refractivity contribution in [3.05, 3.63) is 70.3 Å². The molecule has 0 atom stereocenters. The highest BCUT2D eigenvalue weighted by Gasteiger charge is 2.27. The molecule has 0 aliphatic carbocycles. The van der Waals surface area contributed by atoms with Gasteiger partial charge in [-0.2, -0.15) is 0 Å². The Kier molecular flexibility index (Phi) is 5.78. The molecule has 1 saturated heterocycles. The summed E-state index contributed by atoms with van der Waals surface area (Å²) < 4.78 is 0. The van der Waals surface area contributed by atoms with Crippen LogP contribution in [0.15, 0.2) is 42.5 Å². The van der Waals surface area contributed by atoms with Crippen molar-refractivity contribution in [2.75, 3.05) is 13.1 Å². The standard InChI is InChI=1S/C22H24N2O4/c1-14-7-8-16(13-15(14)2)20(25)23-17-9-11-24(12-10-17)21(26)18-5-3-4-6-19(18)22(27)28/h3-8,13,17H,9-12H2,1-2H3,(H,23,25)(H,27,28). The molecule has 0 spiro atoms. The van der Waals surface area contributed by atoms with Gasteiger partial charge in [0, 0.05) is 24.7 Å². The van der Waals surface area contributed by atoms with Gasteiger partial charge < -0.3 is 15.3 Å². The highest BCUT2D eigenvalue weighted by atomic mass is 16.4. The van der Waals surface area contributed by atoms with Gasteiger partial charge in [0.2, 0.25) is 0 Å². The van der Waals surface area contributed by atoms with E-state index in [9.17, 15) is 19.5 Å². The van der Waals surface area contributed by atoms with Crippen molar-refractivity contribution < 1.29 is 19.5 Å². The molecule has 2 N–H and O–H groups in total. The molecule has 28 heavy (non-hydrogen) atoms. The van der Waals surface area contributed by atoms with Gasteiger partial charge >= 0.3 is 5.97 Å². The molecule has 3 rings (SSSR count). The zero-order valence-electron chi connectivity index (χ0n) is 16.1. The number of amides is 2. The molecule has 0 aromatic heterocycles. The van der Waals surface area contributed by atoms with Gasteiger partial charge in [-0.3, -0.25) is 9.59 Å². The summed E-state index contributed by atoms with van der Waals surface area (Å²) in [6.07, 6.45) is 1.27. The zero-order chi connectivity index (χ0) is 20.3. The molecule has 0 bridgehead atoms. The predicted molar refractivity (Wildman–Crippen MR) is 106 cm³/mol. The van der Waals surface area contributed by atoms with Crippen molar-refractivity contribution in [2.24, 2.45) is 0 Å². The Balaban J connectivity index is 1.60. The van der Waals surface area contributed by atoms with Gasteiger partial charge in [0.15, 0.2) is 0 Å². The van der Waals surface area contributed by atoms with Gasteiger partial charge in [-0.1, -0.05) is 18.2 Å². The number of aryl methyl sites for hydroxylation is 2. The third-order valence-electron chi connectivity index (χ3n) is 5.27. The van der Waals surface area contributed by atoms with Gasteiger partial charge in [-0.25, -0.2) is 4.79 Å². The second kappa shape index (κ2) is 8.25. The van der Waals surface area contributed by atoms with Crippen molar-refractivity contribution in [2.45, 2.75) is 32.7 Å². The minimum Gasteiger partial charge on any atom is -0.478 e. The number of hydrogen-bond donors (Lipinski definition) is 2. The number of benzene rings is 2. The molecule has 0 radical (unpaired) electrons. The van der Waals surface area contributed by atoms with Gasteiger partial charge in [0.1, 0.15) is 0 Å². The minimum atomic E-state index is -1.11. The monoisotopic (exact) mass is 380 g/mol. The molecule has 1 aliphatic rings. The van der Waals surface area contributed by atoms with Crippen molar-refractivity contribution in [3.63, 3.8) is 0 Å². The lowest BCUT2D eigenvalue weighted by Gasteiger charge is -2.32. The van der Waals surface area contributed by atoms with Gasteiger partial charge in [-0.15, -0.1) is 0 Å². The van der Waals surface area contributed by atoms with E-state index in [1.54, 1.807) is 23.1 Å². The maximum absolute atomic E-state index is 12.7. The normalized spacial score (nSPS) is 14.6. The molecule has 6 heteroatoms. The summed E-state index contributed by atoms with van der Waals surface area (Å²) in [5.41, 5.74) is 3.07. The summed E-state index contributed by atoms with van der Waals surface area (Å²) in [6.45, 7) is 4.94. The first-order chi connectivity index (χ1) is 13.4. The summed E-state index contributed by atoms with van der Waals surface area (Å²) in [5, 5.41) is 12.3. The van der Waals surface area contributed by atoms with Gasteiger partial charge in [0.25, 0.3) is 11.8 Å². The largest absolute Gasteiger partial charge is 0.478 e. The molecular formula is C22H24N2O4. The van der Waals surface area contributed by atoms with Crippen molar-refractivity contribution in [1.29, 1.82) is 0 Å². The summed E-state index contributed by atoms with van der Waals surface area (Å²) in [7, 11) is 0. The van der Waals surface area contributed by atoms with Gasteiger partial charge in [0.05, 0.1) is 11.1 Å². The average Bonchev–Trinajstić information content (AvgIpc) is 2.70. The number of nitrogens with zero attached hydrogens (tertiary/aromatic N) is 1. The number of hydrogen-bond acceptors (Lipinski definition) is 3. The maximum Gasteiger partial charge on any atom is 0.336 e. The van der Waals surface area contributed by atoms with Crippen LogP contribution in [-0.2, 0) is 0 Å². The molecule has 2 amide bonds. The van der Waals surface area contributed by atoms with E-state index in [1.165, 1.54) is 6.07 Å². The van der Waals surface area contributed by atoms with Crippen LogP contribution < -0.4 is 5.32 Å². The van der Waals surface area contributed by atoms with Crippen LogP contribution in [0.25, 0.3) is 0 Å². The fourth-order valence-electron chi connectivity index (χ4n) is 3.40. The Hall–Kier alpha value is -3.15. The number of piperidine rings is 1. The Bertz CT molecular complexity index is 915. The molecule has 1 fully saturated rings. The summed E-state index contributed by atoms with van der Waals surface area (Å²) in [4.78, 5) is 38.2. The third kappa shape index (κ3) is 4.22. The number of carbonyl (C=O) groups excluding carboxylic acids is 2. The zero-order valence-corrected chi connectivity index (χ0v) is 16.1. The van der Waals surface area contributed by atoms with Gasteiger partial charge in [-0.05, 0) is 62.1 Å². The third-order valence-corrected chi connectivity index (χ3v) is 5.27. The summed E-state index contributed by atoms with van der Waals surface area (Å²) >= 11 is 0. The number of carboxylic acids is 1. The SMILES string of the molecule is Cc1ccc(C(=O)NC2CCN(C(=O)c3ccccc3C(=O)O)CC2)cc1C. The molecule has 2 aromatic carbocycles. The van der Waals surface area contributed by atoms with E-state index in [0.717, 1.165) is 11.1 Å². The molecule has 6 nitrogen and oxygen atoms in total. The Morgan fingerprint density at radius 2 is 1.61 bits per heavy atom. The molecule has 2 aromatic rings. The number of likely N-dealkylation sites (tertiary alicyclic amines) is 1. The van der Waals surface area contributed by atoms with Crippen LogP contribution in [0.4, 0.5) is 0 Å². The first-order valence-electron chi connectivity index (χ1n) is 9.36. The number of nitrogens with one attached hydrogen (secondary N) is 1. The van der Waals surface area contributed by atoms with Crippen LogP contribution >= 0.6 is 0 Å². The van der Waals surface area contributed by atoms with Crippen LogP contribution in [0.1, 0.15) is 55.0 Å². The first kappa shape index (κ1) is 19.6. The van der Waals surface area contributed by atoms with Crippen molar-refractivity contribution >= 4 is 17.8 Å². The van der Waals surface area contributed by atoms with E-state index in [2.05, 4.69) is 5.32 Å². The Labute approximate surface area is 164 Å². The molecule has 1 aliphatic heterocycles. The topological polar surface area (TPSA) is 86.7 Å². The van der Waals surface area contributed by atoms with Crippen LogP contribution in [-0.4, -0.2) is 46.9 Å². The second-order valence-corrected chi connectivity index (χ2v) is 7.19. The summed E-state index contributed by atoms with van der Waals surface area (Å²) in [5.74, 6) is -1.50. The smallest absolute Gasteiger partial charge is 0.336 e. The lowest BCUT2D eigenvalue weighted by molar-refractivity contribution is 0.0654. The number of carbonyl (C=O) groups is 3. The Morgan fingerprint density at radius 3 is 2.21 bits per heavy atom. The number of aromatic carboxylic acids is 1. The fraction of sp³-hybridized carbons (Fsp3) is 0.318. The van der Waals surface area contributed by atoms with E-state index < -0.39 is 5.97 Å². The lowest BCUT2D eigenvalue weighted by Crippen LogP contribution is -2.46. The average molecular weight is 380 g/mol. The molecule has 0 saturated carbocycles. The second-order valence-electron chi connectivity index (χ2n) is 7.19. The molecule has 1 heterocycles. The van der Waals surface area contributed by atoms with E-state index in [1.807, 2.05) is 32.0 Å². The van der Waals surface area contributed by atoms with E-state index in [-0.39, 0.29) is 29.0 Å². The van der Waals surface area contributed by atoms with Crippen molar-refractivity contribution in [3.8, 4) is 0 Å². The Morgan fingerprint density at radius 1 is 0.964 bits per heavy atom. The van der Waals surface area contributed by atoms with E-state index in [4.69, 9.17) is 0 Å². The fourth-order valence-corrected chi connectivity index (χ4v) is 3.40. The number of carboxylic acid groups (broad SMARTS) is 1. The van der Waals surface area contributed by atoms with Crippen LogP contribution in [0.2, 0.25) is 0 Å². The van der Waals surface area contributed by atoms with E-state index >= 15 is 0 Å². The minimum absolute atomic E-state index is 0.00660. The van der Waals surface area contributed by atoms with Crippen LogP contribution in [0.3, 0.4) is 0 Å². The first-order valence-corrected chi connectivity index (χ1v) is 9.36.